The van der Waals surface area contributed by atoms with Gasteiger partial charge >= 0.3 is 0 Å². The van der Waals surface area contributed by atoms with Gasteiger partial charge in [0.15, 0.2) is 0 Å². The number of anilines is 1. The van der Waals surface area contributed by atoms with E-state index in [4.69, 9.17) is 4.74 Å². The zero-order valence-corrected chi connectivity index (χ0v) is 15.0. The molecule has 6 heteroatoms. The zero-order valence-electron chi connectivity index (χ0n) is 15.0. The first kappa shape index (κ1) is 17.6. The fraction of sp³-hybridized carbons (Fsp3) is 0.474. The largest absolute Gasteiger partial charge is 0.374 e. The Balaban J connectivity index is 1.66. The molecule has 0 aliphatic carbocycles. The second kappa shape index (κ2) is 7.80. The maximum Gasteiger partial charge on any atom is 0.229 e. The van der Waals surface area contributed by atoms with Gasteiger partial charge in [-0.25, -0.2) is 0 Å². The molecule has 0 spiro atoms. The molecule has 1 aromatic heterocycles. The third-order valence-electron chi connectivity index (χ3n) is 4.48. The first-order valence-corrected chi connectivity index (χ1v) is 8.73. The van der Waals surface area contributed by atoms with Crippen molar-refractivity contribution in [2.24, 2.45) is 13.0 Å². The lowest BCUT2D eigenvalue weighted by molar-refractivity contribution is -0.119. The molecule has 25 heavy (non-hydrogen) atoms. The van der Waals surface area contributed by atoms with Crippen LogP contribution in [0.4, 0.5) is 5.69 Å². The summed E-state index contributed by atoms with van der Waals surface area (Å²) in [6, 6.07) is 7.84. The van der Waals surface area contributed by atoms with Gasteiger partial charge in [-0.05, 0) is 37.1 Å². The predicted octanol–water partition coefficient (Wildman–Crippen LogP) is 2.29. The number of benzene rings is 1. The Hall–Kier alpha value is -2.18. The summed E-state index contributed by atoms with van der Waals surface area (Å²) in [5, 5.41) is 10.6. The molecule has 0 bridgehead atoms. The topological polar surface area (TPSA) is 68.2 Å². The van der Waals surface area contributed by atoms with Crippen LogP contribution in [0.15, 0.2) is 36.7 Å². The molecule has 1 aliphatic rings. The molecule has 0 saturated carbocycles. The molecule has 0 radical (unpaired) electrons. The number of hydrogen-bond acceptors (Lipinski definition) is 4. The van der Waals surface area contributed by atoms with Gasteiger partial charge in [0, 0.05) is 37.9 Å². The van der Waals surface area contributed by atoms with Crippen molar-refractivity contribution in [1.29, 1.82) is 0 Å². The summed E-state index contributed by atoms with van der Waals surface area (Å²) >= 11 is 0. The van der Waals surface area contributed by atoms with Gasteiger partial charge in [0.25, 0.3) is 0 Å². The van der Waals surface area contributed by atoms with Crippen LogP contribution >= 0.6 is 0 Å². The number of nitrogens with one attached hydrogen (secondary N) is 2. The summed E-state index contributed by atoms with van der Waals surface area (Å²) < 4.78 is 7.41. The van der Waals surface area contributed by atoms with Crippen LogP contribution in [0.5, 0.6) is 0 Å². The maximum absolute atomic E-state index is 12.8. The van der Waals surface area contributed by atoms with E-state index in [1.54, 1.807) is 4.68 Å². The number of aromatic nitrogens is 2. The van der Waals surface area contributed by atoms with E-state index in [9.17, 15) is 4.79 Å². The molecule has 134 valence electrons. The lowest BCUT2D eigenvalue weighted by Gasteiger charge is -2.17. The molecule has 0 unspecified atom stereocenters. The molecule has 6 nitrogen and oxygen atoms in total. The minimum absolute atomic E-state index is 0.0424. The van der Waals surface area contributed by atoms with Crippen molar-refractivity contribution in [2.45, 2.75) is 32.5 Å². The fourth-order valence-electron chi connectivity index (χ4n) is 3.17. The van der Waals surface area contributed by atoms with E-state index in [2.05, 4.69) is 15.7 Å². The standard InChI is InChI=1S/C19H26N4O2/c1-13(2)25-12-14-5-4-6-16(7-14)22-19(24)18-10-20-9-17(18)15-8-21-23(3)11-15/h4-8,11,13,17-18,20H,9-10,12H2,1-3H3,(H,22,24)/t17-,18+/m1/s1. The molecule has 1 aliphatic heterocycles. The Morgan fingerprint density at radius 1 is 1.44 bits per heavy atom. The van der Waals surface area contributed by atoms with E-state index in [0.717, 1.165) is 23.4 Å². The van der Waals surface area contributed by atoms with Crippen LogP contribution < -0.4 is 10.6 Å². The molecule has 2 heterocycles. The lowest BCUT2D eigenvalue weighted by atomic mass is 9.90. The number of ether oxygens (including phenoxy) is 1. The molecule has 1 fully saturated rings. The van der Waals surface area contributed by atoms with Crippen molar-refractivity contribution in [2.75, 3.05) is 18.4 Å². The van der Waals surface area contributed by atoms with E-state index < -0.39 is 0 Å². The van der Waals surface area contributed by atoms with Crippen molar-refractivity contribution in [1.82, 2.24) is 15.1 Å². The molecule has 2 aromatic rings. The molecule has 1 aromatic carbocycles. The summed E-state index contributed by atoms with van der Waals surface area (Å²) in [6.45, 7) is 6.05. The van der Waals surface area contributed by atoms with Crippen LogP contribution in [0.1, 0.15) is 30.9 Å². The predicted molar refractivity (Wildman–Crippen MR) is 97.3 cm³/mol. The van der Waals surface area contributed by atoms with Gasteiger partial charge < -0.3 is 15.4 Å². The monoisotopic (exact) mass is 342 g/mol. The first-order chi connectivity index (χ1) is 12.0. The van der Waals surface area contributed by atoms with Gasteiger partial charge in [-0.2, -0.15) is 5.10 Å². The van der Waals surface area contributed by atoms with E-state index >= 15 is 0 Å². The average Bonchev–Trinajstić information content (AvgIpc) is 3.21. The Labute approximate surface area is 148 Å². The molecule has 1 amide bonds. The quantitative estimate of drug-likeness (QED) is 0.845. The smallest absolute Gasteiger partial charge is 0.229 e. The molecular formula is C19H26N4O2. The van der Waals surface area contributed by atoms with Gasteiger partial charge in [0.1, 0.15) is 0 Å². The number of nitrogens with zero attached hydrogens (tertiary/aromatic N) is 2. The second-order valence-electron chi connectivity index (χ2n) is 6.87. The van der Waals surface area contributed by atoms with Crippen LogP contribution in [-0.4, -0.2) is 34.9 Å². The van der Waals surface area contributed by atoms with E-state index in [1.807, 2.05) is 57.6 Å². The highest BCUT2D eigenvalue weighted by atomic mass is 16.5. The summed E-state index contributed by atoms with van der Waals surface area (Å²) in [6.07, 6.45) is 4.02. The minimum Gasteiger partial charge on any atom is -0.374 e. The van der Waals surface area contributed by atoms with Crippen molar-refractivity contribution in [3.8, 4) is 0 Å². The molecule has 2 atom stereocenters. The third kappa shape index (κ3) is 4.46. The Kier molecular flexibility index (Phi) is 5.50. The second-order valence-corrected chi connectivity index (χ2v) is 6.87. The molecular weight excluding hydrogens is 316 g/mol. The fourth-order valence-corrected chi connectivity index (χ4v) is 3.17. The van der Waals surface area contributed by atoms with E-state index in [1.165, 1.54) is 0 Å². The number of hydrogen-bond donors (Lipinski definition) is 2. The highest BCUT2D eigenvalue weighted by Gasteiger charge is 2.34. The van der Waals surface area contributed by atoms with E-state index in [-0.39, 0.29) is 23.8 Å². The first-order valence-electron chi connectivity index (χ1n) is 8.73. The average molecular weight is 342 g/mol. The van der Waals surface area contributed by atoms with Crippen molar-refractivity contribution < 1.29 is 9.53 Å². The SMILES string of the molecule is CC(C)OCc1cccc(NC(=O)[C@H]2CNC[C@@H]2c2cnn(C)c2)c1. The molecule has 2 N–H and O–H groups in total. The zero-order chi connectivity index (χ0) is 17.8. The normalized spacial score (nSPS) is 20.2. The van der Waals surface area contributed by atoms with Crippen LogP contribution in [0.3, 0.4) is 0 Å². The Bertz CT molecular complexity index is 726. The Morgan fingerprint density at radius 3 is 3.00 bits per heavy atom. The van der Waals surface area contributed by atoms with E-state index in [0.29, 0.717) is 13.2 Å². The molecule has 3 rings (SSSR count). The number of rotatable bonds is 6. The van der Waals surface area contributed by atoms with Crippen LogP contribution in [0, 0.1) is 5.92 Å². The summed E-state index contributed by atoms with van der Waals surface area (Å²) in [4.78, 5) is 12.8. The summed E-state index contributed by atoms with van der Waals surface area (Å²) in [5.74, 6) is 0.0988. The van der Waals surface area contributed by atoms with Gasteiger partial charge in [-0.1, -0.05) is 12.1 Å². The lowest BCUT2D eigenvalue weighted by Crippen LogP contribution is -2.28. The Morgan fingerprint density at radius 2 is 2.28 bits per heavy atom. The van der Waals surface area contributed by atoms with Crippen LogP contribution in [0.2, 0.25) is 0 Å². The van der Waals surface area contributed by atoms with Crippen molar-refractivity contribution in [3.63, 3.8) is 0 Å². The highest BCUT2D eigenvalue weighted by molar-refractivity contribution is 5.93. The van der Waals surface area contributed by atoms with Gasteiger partial charge in [-0.3, -0.25) is 9.48 Å². The highest BCUT2D eigenvalue weighted by Crippen LogP contribution is 2.29. The third-order valence-corrected chi connectivity index (χ3v) is 4.48. The maximum atomic E-state index is 12.8. The van der Waals surface area contributed by atoms with Crippen LogP contribution in [-0.2, 0) is 23.2 Å². The van der Waals surface area contributed by atoms with Gasteiger partial charge in [0.05, 0.1) is 24.8 Å². The number of aryl methyl sites for hydroxylation is 1. The summed E-state index contributed by atoms with van der Waals surface area (Å²) in [5.41, 5.74) is 2.97. The van der Waals surface area contributed by atoms with Gasteiger partial charge in [0.2, 0.25) is 5.91 Å². The minimum atomic E-state index is -0.0974. The number of amides is 1. The van der Waals surface area contributed by atoms with Gasteiger partial charge in [-0.15, -0.1) is 0 Å². The number of carbonyl (C=O) groups excluding carboxylic acids is 1. The number of carbonyl (C=O) groups is 1. The molecule has 1 saturated heterocycles. The van der Waals surface area contributed by atoms with Crippen molar-refractivity contribution >= 4 is 11.6 Å². The van der Waals surface area contributed by atoms with Crippen LogP contribution in [0.25, 0.3) is 0 Å². The van der Waals surface area contributed by atoms with Crippen molar-refractivity contribution in [3.05, 3.63) is 47.8 Å². The summed E-state index contributed by atoms with van der Waals surface area (Å²) in [7, 11) is 1.89.